The molecule has 0 aliphatic carbocycles. The van der Waals surface area contributed by atoms with Gasteiger partial charge in [0.25, 0.3) is 0 Å². The molecule has 0 bridgehead atoms. The first-order valence-electron chi connectivity index (χ1n) is 4.33. The fourth-order valence-electron chi connectivity index (χ4n) is 0.949. The zero-order valence-electron chi connectivity index (χ0n) is 8.31. The minimum Gasteiger partial charge on any atom is -0.395 e. The minimum absolute atomic E-state index is 0.336. The summed E-state index contributed by atoms with van der Waals surface area (Å²) in [6, 6.07) is 0. The summed E-state index contributed by atoms with van der Waals surface area (Å²) in [6.45, 7) is 11.2. The van der Waals surface area contributed by atoms with E-state index in [1.54, 1.807) is 0 Å². The number of hydrogen-bond acceptors (Lipinski definition) is 2. The molecule has 0 N–H and O–H groups in total. The molecule has 0 saturated heterocycles. The van der Waals surface area contributed by atoms with Crippen LogP contribution >= 0.6 is 0 Å². The lowest BCUT2D eigenvalue weighted by Crippen LogP contribution is -2.37. The third-order valence-corrected chi connectivity index (χ3v) is 3.51. The predicted molar refractivity (Wildman–Crippen MR) is 49.9 cm³/mol. The summed E-state index contributed by atoms with van der Waals surface area (Å²) >= 11 is 0. The highest BCUT2D eigenvalue weighted by Crippen LogP contribution is 2.10. The smallest absolute Gasteiger partial charge is 0.331 e. The molecule has 0 aromatic heterocycles. The third-order valence-electron chi connectivity index (χ3n) is 1.55. The van der Waals surface area contributed by atoms with Crippen LogP contribution in [0.4, 0.5) is 0 Å². The lowest BCUT2D eigenvalue weighted by atomic mass is 10.3. The molecule has 0 aliphatic rings. The Balaban J connectivity index is 3.70. The lowest BCUT2D eigenvalue weighted by molar-refractivity contribution is 0.133. The highest BCUT2D eigenvalue weighted by atomic mass is 28.4. The number of rotatable bonds is 5. The van der Waals surface area contributed by atoms with Crippen molar-refractivity contribution in [3.63, 3.8) is 0 Å². The maximum atomic E-state index is 5.74. The Morgan fingerprint density at radius 3 is 2.18 bits per heavy atom. The van der Waals surface area contributed by atoms with Crippen LogP contribution in [0.15, 0.2) is 0 Å². The van der Waals surface area contributed by atoms with Crippen molar-refractivity contribution in [1.82, 2.24) is 0 Å². The first-order valence-corrected chi connectivity index (χ1v) is 7.15. The zero-order chi connectivity index (χ0) is 8.91. The first kappa shape index (κ1) is 11.1. The molecule has 0 radical (unpaired) electrons. The standard InChI is InChI=1S/C8H20O2Si/c1-6-8(3)10-11(4,5)9-7-2/h8H,6-7H2,1-5H3. The van der Waals surface area contributed by atoms with Crippen LogP contribution in [0.2, 0.25) is 13.1 Å². The van der Waals surface area contributed by atoms with Gasteiger partial charge < -0.3 is 8.85 Å². The molecule has 0 heterocycles. The van der Waals surface area contributed by atoms with Gasteiger partial charge in [0.05, 0.1) is 0 Å². The largest absolute Gasteiger partial charge is 0.395 e. The molecule has 11 heavy (non-hydrogen) atoms. The molecule has 68 valence electrons. The van der Waals surface area contributed by atoms with Crippen LogP contribution in [0.5, 0.6) is 0 Å². The molecule has 0 amide bonds. The Labute approximate surface area is 71.1 Å². The Morgan fingerprint density at radius 2 is 1.82 bits per heavy atom. The van der Waals surface area contributed by atoms with Crippen LogP contribution in [0.1, 0.15) is 27.2 Å². The molecule has 0 rings (SSSR count). The highest BCUT2D eigenvalue weighted by Gasteiger charge is 2.25. The summed E-state index contributed by atoms with van der Waals surface area (Å²) in [5.41, 5.74) is 0. The number of hydrogen-bond donors (Lipinski definition) is 0. The normalized spacial score (nSPS) is 15.0. The van der Waals surface area contributed by atoms with Crippen molar-refractivity contribution in [2.45, 2.75) is 46.4 Å². The van der Waals surface area contributed by atoms with Gasteiger partial charge in [-0.3, -0.25) is 0 Å². The average molecular weight is 176 g/mol. The van der Waals surface area contributed by atoms with Gasteiger partial charge in [0.2, 0.25) is 0 Å². The van der Waals surface area contributed by atoms with Gasteiger partial charge in [-0.2, -0.15) is 0 Å². The van der Waals surface area contributed by atoms with Crippen molar-refractivity contribution in [2.24, 2.45) is 0 Å². The van der Waals surface area contributed by atoms with E-state index < -0.39 is 8.56 Å². The summed E-state index contributed by atoms with van der Waals surface area (Å²) in [4.78, 5) is 0. The molecular weight excluding hydrogens is 156 g/mol. The molecule has 0 spiro atoms. The van der Waals surface area contributed by atoms with Crippen molar-refractivity contribution in [3.8, 4) is 0 Å². The molecule has 1 unspecified atom stereocenters. The van der Waals surface area contributed by atoms with E-state index in [0.717, 1.165) is 13.0 Å². The summed E-state index contributed by atoms with van der Waals surface area (Å²) < 4.78 is 11.3. The quantitative estimate of drug-likeness (QED) is 0.599. The third kappa shape index (κ3) is 5.41. The Morgan fingerprint density at radius 1 is 1.27 bits per heavy atom. The Bertz CT molecular complexity index is 104. The molecule has 0 aromatic carbocycles. The van der Waals surface area contributed by atoms with Crippen LogP contribution in [0.25, 0.3) is 0 Å². The van der Waals surface area contributed by atoms with E-state index in [9.17, 15) is 0 Å². The molecule has 3 heteroatoms. The zero-order valence-corrected chi connectivity index (χ0v) is 9.31. The van der Waals surface area contributed by atoms with E-state index in [1.165, 1.54) is 0 Å². The molecule has 1 atom stereocenters. The van der Waals surface area contributed by atoms with Crippen molar-refractivity contribution < 1.29 is 8.85 Å². The highest BCUT2D eigenvalue weighted by molar-refractivity contribution is 6.64. The van der Waals surface area contributed by atoms with Crippen molar-refractivity contribution >= 4 is 8.56 Å². The lowest BCUT2D eigenvalue weighted by Gasteiger charge is -2.25. The van der Waals surface area contributed by atoms with E-state index in [4.69, 9.17) is 8.85 Å². The van der Waals surface area contributed by atoms with E-state index in [1.807, 2.05) is 6.92 Å². The maximum Gasteiger partial charge on any atom is 0.331 e. The second-order valence-electron chi connectivity index (χ2n) is 3.17. The van der Waals surface area contributed by atoms with Gasteiger partial charge in [0.15, 0.2) is 0 Å². The summed E-state index contributed by atoms with van der Waals surface area (Å²) in [5.74, 6) is 0. The summed E-state index contributed by atoms with van der Waals surface area (Å²) in [7, 11) is -1.79. The second kappa shape index (κ2) is 4.90. The fraction of sp³-hybridized carbons (Fsp3) is 1.00. The van der Waals surface area contributed by atoms with E-state index in [2.05, 4.69) is 26.9 Å². The minimum atomic E-state index is -1.79. The summed E-state index contributed by atoms with van der Waals surface area (Å²) in [6.07, 6.45) is 1.40. The van der Waals surface area contributed by atoms with Crippen molar-refractivity contribution in [3.05, 3.63) is 0 Å². The van der Waals surface area contributed by atoms with E-state index in [0.29, 0.717) is 6.10 Å². The van der Waals surface area contributed by atoms with Crippen LogP contribution in [0.3, 0.4) is 0 Å². The van der Waals surface area contributed by atoms with Crippen molar-refractivity contribution in [1.29, 1.82) is 0 Å². The van der Waals surface area contributed by atoms with Crippen LogP contribution in [-0.2, 0) is 8.85 Å². The molecule has 0 fully saturated rings. The SMILES string of the molecule is CCO[Si](C)(C)OC(C)CC. The maximum absolute atomic E-state index is 5.74. The van der Waals surface area contributed by atoms with Gasteiger partial charge in [0.1, 0.15) is 0 Å². The van der Waals surface area contributed by atoms with Gasteiger partial charge in [-0.25, -0.2) is 0 Å². The van der Waals surface area contributed by atoms with Crippen LogP contribution < -0.4 is 0 Å². The second-order valence-corrected chi connectivity index (χ2v) is 6.49. The Kier molecular flexibility index (Phi) is 4.96. The van der Waals surface area contributed by atoms with Gasteiger partial charge in [0, 0.05) is 12.7 Å². The van der Waals surface area contributed by atoms with Crippen molar-refractivity contribution in [2.75, 3.05) is 6.61 Å². The van der Waals surface area contributed by atoms with Crippen LogP contribution in [-0.4, -0.2) is 21.3 Å². The van der Waals surface area contributed by atoms with Crippen LogP contribution in [0, 0.1) is 0 Å². The van der Waals surface area contributed by atoms with Gasteiger partial charge in [-0.1, -0.05) is 6.92 Å². The predicted octanol–water partition coefficient (Wildman–Crippen LogP) is 2.54. The van der Waals surface area contributed by atoms with E-state index >= 15 is 0 Å². The van der Waals surface area contributed by atoms with Gasteiger partial charge in [-0.05, 0) is 33.4 Å². The molecule has 2 nitrogen and oxygen atoms in total. The van der Waals surface area contributed by atoms with E-state index in [-0.39, 0.29) is 0 Å². The first-order chi connectivity index (χ1) is 5.02. The molecule has 0 aliphatic heterocycles. The Hall–Kier alpha value is 0.137. The molecule has 0 saturated carbocycles. The fourth-order valence-corrected chi connectivity index (χ4v) is 2.85. The average Bonchev–Trinajstić information content (AvgIpc) is 1.86. The molecule has 0 aromatic rings. The monoisotopic (exact) mass is 176 g/mol. The van der Waals surface area contributed by atoms with Gasteiger partial charge in [-0.15, -0.1) is 0 Å². The molecular formula is C8H20O2Si. The van der Waals surface area contributed by atoms with Gasteiger partial charge >= 0.3 is 8.56 Å². The summed E-state index contributed by atoms with van der Waals surface area (Å²) in [5, 5.41) is 0. The topological polar surface area (TPSA) is 18.5 Å².